The van der Waals surface area contributed by atoms with Gasteiger partial charge in [0.05, 0.1) is 10.0 Å². The van der Waals surface area contributed by atoms with E-state index in [1.165, 1.54) is 17.5 Å². The Balaban J connectivity index is 2.02. The molecule has 0 bridgehead atoms. The number of benzene rings is 2. The van der Waals surface area contributed by atoms with Crippen LogP contribution in [0.5, 0.6) is 0 Å². The third-order valence-corrected chi connectivity index (χ3v) is 6.83. The highest BCUT2D eigenvalue weighted by Crippen LogP contribution is 2.46. The van der Waals surface area contributed by atoms with Gasteiger partial charge in [-0.1, -0.05) is 76.0 Å². The molecule has 0 aromatic heterocycles. The van der Waals surface area contributed by atoms with Gasteiger partial charge in [-0.3, -0.25) is 4.79 Å². The average Bonchev–Trinajstić information content (AvgIpc) is 2.65. The second-order valence-electron chi connectivity index (χ2n) is 9.05. The molecule has 0 heterocycles. The number of fused-ring (bicyclic) bond motifs is 1. The van der Waals surface area contributed by atoms with Gasteiger partial charge < -0.3 is 0 Å². The molecule has 1 aliphatic rings. The molecule has 0 saturated carbocycles. The van der Waals surface area contributed by atoms with E-state index in [1.807, 2.05) is 6.07 Å². The van der Waals surface area contributed by atoms with Crippen LogP contribution in [0.25, 0.3) is 6.08 Å². The molecule has 0 amide bonds. The fraction of sp³-hybridized carbons (Fsp3) is 0.400. The monoisotopic (exact) mass is 414 g/mol. The molecule has 0 atom stereocenters. The molecular formula is C25H28Cl2O. The third kappa shape index (κ3) is 4.07. The van der Waals surface area contributed by atoms with Crippen LogP contribution in [0.2, 0.25) is 10.0 Å². The largest absolute Gasteiger partial charge is 0.289 e. The Kier molecular flexibility index (Phi) is 5.81. The number of ketones is 1. The van der Waals surface area contributed by atoms with Gasteiger partial charge in [0.1, 0.15) is 0 Å². The molecule has 148 valence electrons. The number of carbonyl (C=O) groups excluding carboxylic acids is 1. The van der Waals surface area contributed by atoms with Crippen molar-refractivity contribution in [3.63, 3.8) is 0 Å². The first-order valence-electron chi connectivity index (χ1n) is 9.90. The highest BCUT2D eigenvalue weighted by molar-refractivity contribution is 6.42. The van der Waals surface area contributed by atoms with Crippen LogP contribution in [0.15, 0.2) is 36.4 Å². The van der Waals surface area contributed by atoms with Crippen molar-refractivity contribution in [2.75, 3.05) is 0 Å². The fourth-order valence-electron chi connectivity index (χ4n) is 4.06. The molecule has 2 aromatic carbocycles. The second kappa shape index (κ2) is 7.69. The number of halogens is 2. The molecule has 0 aliphatic heterocycles. The molecule has 28 heavy (non-hydrogen) atoms. The molecule has 3 heteroatoms. The number of hydrogen-bond donors (Lipinski definition) is 0. The summed E-state index contributed by atoms with van der Waals surface area (Å²) in [6.07, 6.45) is 6.58. The van der Waals surface area contributed by atoms with Crippen LogP contribution in [0.4, 0.5) is 0 Å². The van der Waals surface area contributed by atoms with Gasteiger partial charge in [-0.25, -0.2) is 0 Å². The van der Waals surface area contributed by atoms with Crippen molar-refractivity contribution in [3.05, 3.63) is 74.3 Å². The van der Waals surface area contributed by atoms with Gasteiger partial charge in [0.15, 0.2) is 5.78 Å². The van der Waals surface area contributed by atoms with E-state index >= 15 is 0 Å². The van der Waals surface area contributed by atoms with Crippen LogP contribution in [0.1, 0.15) is 80.1 Å². The van der Waals surface area contributed by atoms with E-state index in [1.54, 1.807) is 24.3 Å². The molecule has 1 aliphatic carbocycles. The van der Waals surface area contributed by atoms with Gasteiger partial charge in [-0.05, 0) is 76.6 Å². The van der Waals surface area contributed by atoms with Gasteiger partial charge >= 0.3 is 0 Å². The van der Waals surface area contributed by atoms with E-state index in [-0.39, 0.29) is 16.6 Å². The third-order valence-electron chi connectivity index (χ3n) is 6.09. The van der Waals surface area contributed by atoms with E-state index in [4.69, 9.17) is 23.2 Å². The molecule has 0 saturated heterocycles. The summed E-state index contributed by atoms with van der Waals surface area (Å²) in [5.74, 6) is 0.0323. The zero-order chi connectivity index (χ0) is 20.7. The van der Waals surface area contributed by atoms with Crippen LogP contribution >= 0.6 is 23.2 Å². The summed E-state index contributed by atoms with van der Waals surface area (Å²) in [6.45, 7) is 11.3. The van der Waals surface area contributed by atoms with Crippen molar-refractivity contribution >= 4 is 35.1 Å². The Hall–Kier alpha value is -1.57. The molecular weight excluding hydrogens is 387 g/mol. The Morgan fingerprint density at radius 2 is 1.57 bits per heavy atom. The fourth-order valence-corrected chi connectivity index (χ4v) is 4.36. The Morgan fingerprint density at radius 3 is 2.14 bits per heavy atom. The van der Waals surface area contributed by atoms with Gasteiger partial charge in [0, 0.05) is 5.56 Å². The Bertz CT molecular complexity index is 951. The van der Waals surface area contributed by atoms with Crippen LogP contribution < -0.4 is 0 Å². The smallest absolute Gasteiger partial charge is 0.186 e. The van der Waals surface area contributed by atoms with Crippen LogP contribution in [0, 0.1) is 0 Å². The lowest BCUT2D eigenvalue weighted by Gasteiger charge is -2.42. The van der Waals surface area contributed by atoms with Crippen molar-refractivity contribution < 1.29 is 4.79 Å². The van der Waals surface area contributed by atoms with E-state index in [0.717, 1.165) is 29.5 Å². The molecule has 0 spiro atoms. The van der Waals surface area contributed by atoms with E-state index in [9.17, 15) is 4.79 Å². The summed E-state index contributed by atoms with van der Waals surface area (Å²) in [4.78, 5) is 13.1. The Labute approximate surface area is 178 Å². The van der Waals surface area contributed by atoms with E-state index in [0.29, 0.717) is 10.0 Å². The number of rotatable bonds is 4. The zero-order valence-corrected chi connectivity index (χ0v) is 18.8. The van der Waals surface area contributed by atoms with Crippen molar-refractivity contribution in [3.8, 4) is 0 Å². The van der Waals surface area contributed by atoms with E-state index < -0.39 is 0 Å². The van der Waals surface area contributed by atoms with Gasteiger partial charge in [-0.2, -0.15) is 0 Å². The molecule has 0 radical (unpaired) electrons. The lowest BCUT2D eigenvalue weighted by Crippen LogP contribution is -2.34. The van der Waals surface area contributed by atoms with Crippen molar-refractivity contribution in [2.24, 2.45) is 0 Å². The first kappa shape index (κ1) is 21.1. The number of aryl methyl sites for hydroxylation is 1. The van der Waals surface area contributed by atoms with Crippen molar-refractivity contribution in [2.45, 2.75) is 64.7 Å². The summed E-state index contributed by atoms with van der Waals surface area (Å²) in [7, 11) is 0. The standard InChI is InChI=1S/C25H28Cl2O/c1-6-17-14-19-20(25(4,5)12-11-24(19,2)3)15-18(17)23(28)10-8-16-7-9-21(26)22(27)13-16/h7-10,13-15H,6,11-12H2,1-5H3/b10-8+. The maximum absolute atomic E-state index is 13.1. The van der Waals surface area contributed by atoms with Crippen LogP contribution in [-0.4, -0.2) is 5.78 Å². The lowest BCUT2D eigenvalue weighted by atomic mass is 9.62. The quantitative estimate of drug-likeness (QED) is 0.368. The normalized spacial score (nSPS) is 17.5. The highest BCUT2D eigenvalue weighted by Gasteiger charge is 2.37. The van der Waals surface area contributed by atoms with Gasteiger partial charge in [-0.15, -0.1) is 0 Å². The van der Waals surface area contributed by atoms with Crippen LogP contribution in [0.3, 0.4) is 0 Å². The highest BCUT2D eigenvalue weighted by atomic mass is 35.5. The first-order valence-corrected chi connectivity index (χ1v) is 10.7. The number of carbonyl (C=O) groups is 1. The maximum Gasteiger partial charge on any atom is 0.186 e. The number of hydrogen-bond acceptors (Lipinski definition) is 1. The second-order valence-corrected chi connectivity index (χ2v) is 9.86. The summed E-state index contributed by atoms with van der Waals surface area (Å²) in [5, 5.41) is 1.00. The van der Waals surface area contributed by atoms with Gasteiger partial charge in [0.2, 0.25) is 0 Å². The SMILES string of the molecule is CCc1cc2c(cc1C(=O)/C=C/c1ccc(Cl)c(Cl)c1)C(C)(C)CCC2(C)C. The topological polar surface area (TPSA) is 17.1 Å². The lowest BCUT2D eigenvalue weighted by molar-refractivity contribution is 0.104. The summed E-state index contributed by atoms with van der Waals surface area (Å²) in [6, 6.07) is 9.80. The van der Waals surface area contributed by atoms with Crippen LogP contribution in [-0.2, 0) is 17.3 Å². The predicted octanol–water partition coefficient (Wildman–Crippen LogP) is 7.80. The maximum atomic E-state index is 13.1. The summed E-state index contributed by atoms with van der Waals surface area (Å²) in [5.41, 5.74) is 5.72. The first-order chi connectivity index (χ1) is 13.0. The van der Waals surface area contributed by atoms with Crippen molar-refractivity contribution in [1.29, 1.82) is 0 Å². The molecule has 3 rings (SSSR count). The molecule has 0 unspecified atom stereocenters. The molecule has 0 N–H and O–H groups in total. The minimum Gasteiger partial charge on any atom is -0.289 e. The minimum absolute atomic E-state index is 0.0323. The average molecular weight is 415 g/mol. The van der Waals surface area contributed by atoms with E-state index in [2.05, 4.69) is 46.8 Å². The van der Waals surface area contributed by atoms with Crippen molar-refractivity contribution in [1.82, 2.24) is 0 Å². The molecule has 0 fully saturated rings. The minimum atomic E-state index is 0.0323. The molecule has 1 nitrogen and oxygen atoms in total. The summed E-state index contributed by atoms with van der Waals surface area (Å²) < 4.78 is 0. The van der Waals surface area contributed by atoms with Gasteiger partial charge in [0.25, 0.3) is 0 Å². The molecule has 2 aromatic rings. The summed E-state index contributed by atoms with van der Waals surface area (Å²) >= 11 is 12.1. The Morgan fingerprint density at radius 1 is 0.964 bits per heavy atom. The predicted molar refractivity (Wildman–Crippen MR) is 121 cm³/mol. The zero-order valence-electron chi connectivity index (χ0n) is 17.3. The number of allylic oxidation sites excluding steroid dienone is 1.